The Labute approximate surface area is 128 Å². The van der Waals surface area contributed by atoms with Gasteiger partial charge in [-0.25, -0.2) is 9.97 Å². The molecule has 114 valence electrons. The van der Waals surface area contributed by atoms with Gasteiger partial charge in [0.2, 0.25) is 0 Å². The molecule has 2 aromatic heterocycles. The van der Waals surface area contributed by atoms with E-state index in [-0.39, 0.29) is 5.78 Å². The van der Waals surface area contributed by atoms with Gasteiger partial charge in [-0.1, -0.05) is 0 Å². The molecule has 0 spiro atoms. The Morgan fingerprint density at radius 3 is 2.77 bits per heavy atom. The van der Waals surface area contributed by atoms with Gasteiger partial charge in [0.25, 0.3) is 0 Å². The Bertz CT molecular complexity index is 843. The molecule has 3 aromatic rings. The zero-order chi connectivity index (χ0) is 15.9. The number of nitrogens with one attached hydrogen (secondary N) is 2. The summed E-state index contributed by atoms with van der Waals surface area (Å²) in [7, 11) is 1.93. The van der Waals surface area contributed by atoms with Crippen molar-refractivity contribution in [2.24, 2.45) is 7.05 Å². The number of rotatable bonds is 4. The van der Waals surface area contributed by atoms with Crippen LogP contribution < -0.4 is 5.32 Å². The van der Waals surface area contributed by atoms with E-state index in [1.54, 1.807) is 13.0 Å². The summed E-state index contributed by atoms with van der Waals surface area (Å²) in [5.41, 5.74) is 2.33. The Hall–Kier alpha value is -2.63. The van der Waals surface area contributed by atoms with Gasteiger partial charge in [0.15, 0.2) is 17.4 Å². The number of anilines is 1. The highest BCUT2D eigenvalue weighted by molar-refractivity contribution is 5.97. The van der Waals surface area contributed by atoms with Crippen LogP contribution in [-0.4, -0.2) is 31.3 Å². The van der Waals surface area contributed by atoms with Gasteiger partial charge >= 0.3 is 0 Å². The van der Waals surface area contributed by atoms with Crippen molar-refractivity contribution in [2.75, 3.05) is 5.32 Å². The van der Waals surface area contributed by atoms with Gasteiger partial charge in [-0.3, -0.25) is 4.79 Å². The number of carbonyl (C=O) groups excluding carboxylic acids is 1. The number of hydrogen-bond acceptors (Lipinski definition) is 4. The summed E-state index contributed by atoms with van der Waals surface area (Å²) in [5.74, 6) is 2.30. The summed E-state index contributed by atoms with van der Waals surface area (Å²) < 4.78 is 1.92. The van der Waals surface area contributed by atoms with E-state index >= 15 is 0 Å². The van der Waals surface area contributed by atoms with Crippen LogP contribution in [0.15, 0.2) is 24.4 Å². The Morgan fingerprint density at radius 1 is 1.32 bits per heavy atom. The molecule has 0 aliphatic carbocycles. The molecule has 0 aliphatic heterocycles. The minimum Gasteiger partial charge on any atom is -0.367 e. The van der Waals surface area contributed by atoms with Gasteiger partial charge in [-0.15, -0.1) is 0 Å². The molecule has 6 heteroatoms. The largest absolute Gasteiger partial charge is 0.367 e. The molecule has 1 aromatic carbocycles. The van der Waals surface area contributed by atoms with Crippen LogP contribution in [0, 0.1) is 0 Å². The normalized spacial score (nSPS) is 11.3. The number of carbonyl (C=O) groups is 1. The second kappa shape index (κ2) is 5.29. The summed E-state index contributed by atoms with van der Waals surface area (Å²) in [4.78, 5) is 23.8. The van der Waals surface area contributed by atoms with E-state index in [1.807, 2.05) is 29.9 Å². The van der Waals surface area contributed by atoms with Gasteiger partial charge in [-0.05, 0) is 39.0 Å². The first-order valence-corrected chi connectivity index (χ1v) is 7.25. The standard InChI is InChI=1S/C16H19N5O/c1-9(2)17-14-8-21(4)16(20-14)15-18-12-6-5-11(10(3)22)7-13(12)19-15/h5-9,17H,1-4H3,(H,18,19). The van der Waals surface area contributed by atoms with Crippen molar-refractivity contribution < 1.29 is 4.79 Å². The molecule has 0 unspecified atom stereocenters. The average molecular weight is 297 g/mol. The van der Waals surface area contributed by atoms with E-state index in [4.69, 9.17) is 0 Å². The SMILES string of the molecule is CC(=O)c1ccc2nc(-c3nc(NC(C)C)cn3C)[nH]c2c1. The third-order valence-electron chi connectivity index (χ3n) is 3.41. The number of benzene rings is 1. The second-order valence-corrected chi connectivity index (χ2v) is 5.73. The predicted octanol–water partition coefficient (Wildman–Crippen LogP) is 2.99. The van der Waals surface area contributed by atoms with Crippen molar-refractivity contribution in [3.63, 3.8) is 0 Å². The summed E-state index contributed by atoms with van der Waals surface area (Å²) in [6.07, 6.45) is 1.93. The lowest BCUT2D eigenvalue weighted by atomic mass is 10.1. The average Bonchev–Trinajstić information content (AvgIpc) is 3.00. The maximum absolute atomic E-state index is 11.5. The van der Waals surface area contributed by atoms with E-state index in [0.29, 0.717) is 17.4 Å². The first kappa shape index (κ1) is 14.3. The Balaban J connectivity index is 2.03. The number of fused-ring (bicyclic) bond motifs is 1. The maximum Gasteiger partial charge on any atom is 0.178 e. The smallest absolute Gasteiger partial charge is 0.178 e. The van der Waals surface area contributed by atoms with Gasteiger partial charge in [0, 0.05) is 24.8 Å². The third-order valence-corrected chi connectivity index (χ3v) is 3.41. The fourth-order valence-electron chi connectivity index (χ4n) is 2.39. The molecule has 6 nitrogen and oxygen atoms in total. The molecular weight excluding hydrogens is 278 g/mol. The second-order valence-electron chi connectivity index (χ2n) is 5.73. The number of ketones is 1. The summed E-state index contributed by atoms with van der Waals surface area (Å²) >= 11 is 0. The molecular formula is C16H19N5O. The molecule has 0 saturated carbocycles. The first-order chi connectivity index (χ1) is 10.4. The number of nitrogens with zero attached hydrogens (tertiary/aromatic N) is 3. The molecule has 0 saturated heterocycles. The van der Waals surface area contributed by atoms with Crippen LogP contribution in [0.5, 0.6) is 0 Å². The molecule has 0 radical (unpaired) electrons. The van der Waals surface area contributed by atoms with Crippen LogP contribution in [-0.2, 0) is 7.05 Å². The van der Waals surface area contributed by atoms with Crippen LogP contribution >= 0.6 is 0 Å². The van der Waals surface area contributed by atoms with Crippen molar-refractivity contribution in [3.05, 3.63) is 30.0 Å². The lowest BCUT2D eigenvalue weighted by molar-refractivity contribution is 0.101. The van der Waals surface area contributed by atoms with Crippen LogP contribution in [0.2, 0.25) is 0 Å². The van der Waals surface area contributed by atoms with Crippen molar-refractivity contribution in [1.82, 2.24) is 19.5 Å². The highest BCUT2D eigenvalue weighted by Crippen LogP contribution is 2.22. The lowest BCUT2D eigenvalue weighted by Crippen LogP contribution is -2.09. The number of hydrogen-bond donors (Lipinski definition) is 2. The van der Waals surface area contributed by atoms with Crippen molar-refractivity contribution in [2.45, 2.75) is 26.8 Å². The molecule has 0 bridgehead atoms. The zero-order valence-electron chi connectivity index (χ0n) is 13.1. The molecule has 22 heavy (non-hydrogen) atoms. The molecule has 3 rings (SSSR count). The van der Waals surface area contributed by atoms with Crippen LogP contribution in [0.3, 0.4) is 0 Å². The quantitative estimate of drug-likeness (QED) is 0.726. The molecule has 2 N–H and O–H groups in total. The van der Waals surface area contributed by atoms with Crippen molar-refractivity contribution in [1.29, 1.82) is 0 Å². The number of H-pyrrole nitrogens is 1. The van der Waals surface area contributed by atoms with Gasteiger partial charge in [0.1, 0.15) is 5.82 Å². The third kappa shape index (κ3) is 2.59. The lowest BCUT2D eigenvalue weighted by Gasteiger charge is -2.04. The Kier molecular flexibility index (Phi) is 3.44. The monoisotopic (exact) mass is 297 g/mol. The summed E-state index contributed by atoms with van der Waals surface area (Å²) in [6.45, 7) is 5.69. The number of imidazole rings is 2. The fourth-order valence-corrected chi connectivity index (χ4v) is 2.39. The fraction of sp³-hybridized carbons (Fsp3) is 0.312. The molecule has 0 atom stereocenters. The topological polar surface area (TPSA) is 75.6 Å². The minimum absolute atomic E-state index is 0.0402. The van der Waals surface area contributed by atoms with E-state index in [1.165, 1.54) is 0 Å². The van der Waals surface area contributed by atoms with Crippen LogP contribution in [0.25, 0.3) is 22.7 Å². The molecule has 2 heterocycles. The van der Waals surface area contributed by atoms with Gasteiger partial charge < -0.3 is 14.9 Å². The van der Waals surface area contributed by atoms with E-state index < -0.39 is 0 Å². The number of aromatic nitrogens is 4. The summed E-state index contributed by atoms with van der Waals surface area (Å²) in [6, 6.07) is 5.78. The van der Waals surface area contributed by atoms with Crippen LogP contribution in [0.1, 0.15) is 31.1 Å². The zero-order valence-corrected chi connectivity index (χ0v) is 13.1. The molecule has 0 amide bonds. The maximum atomic E-state index is 11.5. The highest BCUT2D eigenvalue weighted by atomic mass is 16.1. The minimum atomic E-state index is 0.0402. The summed E-state index contributed by atoms with van der Waals surface area (Å²) in [5, 5.41) is 3.28. The van der Waals surface area contributed by atoms with Crippen molar-refractivity contribution >= 4 is 22.6 Å². The van der Waals surface area contributed by atoms with Crippen molar-refractivity contribution in [3.8, 4) is 11.6 Å². The number of aromatic amines is 1. The molecule has 0 aliphatic rings. The van der Waals surface area contributed by atoms with E-state index in [9.17, 15) is 4.79 Å². The predicted molar refractivity (Wildman–Crippen MR) is 87.1 cm³/mol. The Morgan fingerprint density at radius 2 is 2.09 bits per heavy atom. The number of aryl methyl sites for hydroxylation is 1. The number of Topliss-reactive ketones (excluding diaryl/α,β-unsaturated/α-hetero) is 1. The van der Waals surface area contributed by atoms with Gasteiger partial charge in [-0.2, -0.15) is 0 Å². The van der Waals surface area contributed by atoms with Gasteiger partial charge in [0.05, 0.1) is 11.0 Å². The highest BCUT2D eigenvalue weighted by Gasteiger charge is 2.13. The van der Waals surface area contributed by atoms with Crippen LogP contribution in [0.4, 0.5) is 5.82 Å². The van der Waals surface area contributed by atoms with E-state index in [0.717, 1.165) is 22.7 Å². The first-order valence-electron chi connectivity index (χ1n) is 7.25. The van der Waals surface area contributed by atoms with E-state index in [2.05, 4.69) is 34.1 Å². The molecule has 0 fully saturated rings.